The number of para-hydroxylation sites is 2. The molecule has 1 heterocycles. The van der Waals surface area contributed by atoms with Crippen molar-refractivity contribution < 1.29 is 0 Å². The van der Waals surface area contributed by atoms with E-state index in [0.29, 0.717) is 0 Å². The van der Waals surface area contributed by atoms with E-state index in [1.54, 1.807) is 0 Å². The van der Waals surface area contributed by atoms with Crippen molar-refractivity contribution in [2.24, 2.45) is 0 Å². The smallest absolute Gasteiger partial charge is 0.0540 e. The molecule has 0 aromatic heterocycles. The number of rotatable bonds is 2. The maximum Gasteiger partial charge on any atom is 0.0540 e. The van der Waals surface area contributed by atoms with Gasteiger partial charge in [0, 0.05) is 16.8 Å². The quantitative estimate of drug-likeness (QED) is 0.484. The van der Waals surface area contributed by atoms with E-state index in [4.69, 9.17) is 0 Å². The first kappa shape index (κ1) is 14.5. The molecule has 0 unspecified atom stereocenters. The third-order valence-electron chi connectivity index (χ3n) is 4.56. The van der Waals surface area contributed by atoms with Gasteiger partial charge in [-0.25, -0.2) is 0 Å². The molecular weight excluding hydrogens is 290 g/mol. The molecular formula is C23H19N. The second-order valence-corrected chi connectivity index (χ2v) is 5.83. The monoisotopic (exact) mass is 309 g/mol. The highest BCUT2D eigenvalue weighted by Gasteiger charge is 2.25. The summed E-state index contributed by atoms with van der Waals surface area (Å²) in [6.07, 6.45) is 4.03. The Hall–Kier alpha value is -3.06. The van der Waals surface area contributed by atoms with Crippen LogP contribution in [0.2, 0.25) is 0 Å². The van der Waals surface area contributed by atoms with Gasteiger partial charge in [0.05, 0.1) is 11.4 Å². The Kier molecular flexibility index (Phi) is 3.55. The van der Waals surface area contributed by atoms with Crippen molar-refractivity contribution >= 4 is 11.4 Å². The van der Waals surface area contributed by atoms with E-state index in [0.717, 1.165) is 5.70 Å². The Balaban J connectivity index is 2.16. The van der Waals surface area contributed by atoms with Gasteiger partial charge in [0.1, 0.15) is 0 Å². The third kappa shape index (κ3) is 2.10. The van der Waals surface area contributed by atoms with Gasteiger partial charge in [0.2, 0.25) is 0 Å². The van der Waals surface area contributed by atoms with Gasteiger partial charge < -0.3 is 4.90 Å². The number of anilines is 2. The largest absolute Gasteiger partial charge is 0.310 e. The molecule has 0 radical (unpaired) electrons. The number of hydrogen-bond donors (Lipinski definition) is 0. The molecule has 1 aliphatic heterocycles. The van der Waals surface area contributed by atoms with Crippen LogP contribution in [-0.2, 0) is 0 Å². The molecule has 116 valence electrons. The maximum atomic E-state index is 4.02. The van der Waals surface area contributed by atoms with E-state index >= 15 is 0 Å². The number of hydrogen-bond acceptors (Lipinski definition) is 1. The second-order valence-electron chi connectivity index (χ2n) is 5.83. The minimum absolute atomic E-state index is 1.09. The van der Waals surface area contributed by atoms with Crippen molar-refractivity contribution in [1.82, 2.24) is 0 Å². The van der Waals surface area contributed by atoms with E-state index < -0.39 is 0 Å². The van der Waals surface area contributed by atoms with Crippen LogP contribution in [0.15, 0.2) is 97.2 Å². The molecule has 0 bridgehead atoms. The van der Waals surface area contributed by atoms with Gasteiger partial charge in [-0.3, -0.25) is 0 Å². The molecule has 3 aromatic carbocycles. The first-order valence-corrected chi connectivity index (χ1v) is 8.22. The summed E-state index contributed by atoms with van der Waals surface area (Å²) in [4.78, 5) is 2.30. The van der Waals surface area contributed by atoms with Crippen LogP contribution in [0.5, 0.6) is 0 Å². The summed E-state index contributed by atoms with van der Waals surface area (Å²) in [5, 5.41) is 0. The topological polar surface area (TPSA) is 3.24 Å². The second kappa shape index (κ2) is 5.86. The van der Waals surface area contributed by atoms with Gasteiger partial charge in [0.25, 0.3) is 0 Å². The number of nitrogens with zero attached hydrogens (tertiary/aromatic N) is 1. The van der Waals surface area contributed by atoms with Crippen LogP contribution in [0.4, 0.5) is 11.4 Å². The highest BCUT2D eigenvalue weighted by Crippen LogP contribution is 2.48. The first-order valence-electron chi connectivity index (χ1n) is 8.22. The predicted octanol–water partition coefficient (Wildman–Crippen LogP) is 6.56. The lowest BCUT2D eigenvalue weighted by Crippen LogP contribution is -2.15. The molecule has 0 N–H and O–H groups in total. The summed E-state index contributed by atoms with van der Waals surface area (Å²) in [5.41, 5.74) is 8.47. The van der Waals surface area contributed by atoms with Gasteiger partial charge in [-0.1, -0.05) is 73.3 Å². The Morgan fingerprint density at radius 3 is 1.54 bits per heavy atom. The summed E-state index contributed by atoms with van der Waals surface area (Å²) < 4.78 is 0. The molecule has 1 heteroatoms. The van der Waals surface area contributed by atoms with Gasteiger partial charge >= 0.3 is 0 Å². The fraction of sp³-hybridized carbons (Fsp3) is 0.0435. The lowest BCUT2D eigenvalue weighted by atomic mass is 9.95. The maximum absolute atomic E-state index is 4.02. The lowest BCUT2D eigenvalue weighted by Gasteiger charge is -2.27. The lowest BCUT2D eigenvalue weighted by molar-refractivity contribution is 1.21. The van der Waals surface area contributed by atoms with Crippen molar-refractivity contribution in [3.05, 3.63) is 97.2 Å². The molecule has 3 aromatic rings. The summed E-state index contributed by atoms with van der Waals surface area (Å²) in [5.74, 6) is 0. The van der Waals surface area contributed by atoms with Crippen molar-refractivity contribution in [2.45, 2.75) is 6.92 Å². The number of fused-ring (bicyclic) bond motifs is 5. The van der Waals surface area contributed by atoms with Crippen LogP contribution in [0.25, 0.3) is 22.3 Å². The molecule has 0 saturated carbocycles. The molecule has 0 atom stereocenters. The molecule has 24 heavy (non-hydrogen) atoms. The van der Waals surface area contributed by atoms with Crippen molar-refractivity contribution in [3.8, 4) is 22.3 Å². The third-order valence-corrected chi connectivity index (χ3v) is 4.56. The van der Waals surface area contributed by atoms with Gasteiger partial charge in [-0.2, -0.15) is 0 Å². The van der Waals surface area contributed by atoms with Crippen LogP contribution in [0.3, 0.4) is 0 Å². The summed E-state index contributed by atoms with van der Waals surface area (Å²) >= 11 is 0. The highest BCUT2D eigenvalue weighted by molar-refractivity contribution is 6.00. The van der Waals surface area contributed by atoms with Crippen molar-refractivity contribution in [1.29, 1.82) is 0 Å². The molecule has 1 nitrogen and oxygen atoms in total. The fourth-order valence-corrected chi connectivity index (χ4v) is 3.49. The predicted molar refractivity (Wildman–Crippen MR) is 103 cm³/mol. The fourth-order valence-electron chi connectivity index (χ4n) is 3.49. The van der Waals surface area contributed by atoms with E-state index in [1.807, 2.05) is 6.08 Å². The Labute approximate surface area is 143 Å². The Bertz CT molecular complexity index is 883. The average molecular weight is 309 g/mol. The van der Waals surface area contributed by atoms with E-state index in [2.05, 4.69) is 97.3 Å². The molecule has 0 aliphatic carbocycles. The summed E-state index contributed by atoms with van der Waals surface area (Å²) in [7, 11) is 0. The minimum atomic E-state index is 1.09. The van der Waals surface area contributed by atoms with Crippen LogP contribution in [0, 0.1) is 0 Å². The number of benzene rings is 3. The van der Waals surface area contributed by atoms with E-state index in [9.17, 15) is 0 Å². The molecule has 0 spiro atoms. The molecule has 4 rings (SSSR count). The standard InChI is InChI=1S/C23H19N/c1-3-17(4-2)24-22-15-9-7-13-20(22)18-11-5-6-12-19(18)21-14-8-10-16-23(21)24/h3-16H,1H2,2H3. The first-order chi connectivity index (χ1) is 11.8. The SMILES string of the molecule is C=CC(=CC)N1c2ccccc2-c2ccccc2-c2ccccc21. The number of allylic oxidation sites excluding steroid dienone is 2. The van der Waals surface area contributed by atoms with E-state index in [1.165, 1.54) is 33.6 Å². The molecule has 0 fully saturated rings. The summed E-state index contributed by atoms with van der Waals surface area (Å²) in [6.45, 7) is 6.08. The van der Waals surface area contributed by atoms with E-state index in [-0.39, 0.29) is 0 Å². The highest BCUT2D eigenvalue weighted by atomic mass is 15.2. The summed E-state index contributed by atoms with van der Waals surface area (Å²) in [6, 6.07) is 25.8. The van der Waals surface area contributed by atoms with Crippen molar-refractivity contribution in [2.75, 3.05) is 4.90 Å². The van der Waals surface area contributed by atoms with Gasteiger partial charge in [0.15, 0.2) is 0 Å². The zero-order chi connectivity index (χ0) is 16.5. The van der Waals surface area contributed by atoms with Crippen LogP contribution in [-0.4, -0.2) is 0 Å². The molecule has 0 amide bonds. The normalized spacial score (nSPS) is 12.7. The Morgan fingerprint density at radius 2 is 1.12 bits per heavy atom. The van der Waals surface area contributed by atoms with Crippen LogP contribution >= 0.6 is 0 Å². The zero-order valence-corrected chi connectivity index (χ0v) is 13.7. The van der Waals surface area contributed by atoms with Gasteiger partial charge in [-0.15, -0.1) is 0 Å². The van der Waals surface area contributed by atoms with Crippen molar-refractivity contribution in [3.63, 3.8) is 0 Å². The molecule has 1 aliphatic rings. The Morgan fingerprint density at radius 1 is 0.708 bits per heavy atom. The van der Waals surface area contributed by atoms with Crippen LogP contribution in [0.1, 0.15) is 6.92 Å². The molecule has 0 saturated heterocycles. The average Bonchev–Trinajstić information content (AvgIpc) is 2.77. The minimum Gasteiger partial charge on any atom is -0.310 e. The van der Waals surface area contributed by atoms with Crippen LogP contribution < -0.4 is 4.90 Å². The van der Waals surface area contributed by atoms with Gasteiger partial charge in [-0.05, 0) is 36.3 Å². The zero-order valence-electron chi connectivity index (χ0n) is 13.7.